The van der Waals surface area contributed by atoms with Crippen LogP contribution in [0.3, 0.4) is 0 Å². The number of rotatable bonds is 5. The molecule has 1 amide bonds. The molecule has 0 radical (unpaired) electrons. The highest BCUT2D eigenvalue weighted by Gasteiger charge is 2.29. The van der Waals surface area contributed by atoms with E-state index in [4.69, 9.17) is 34.8 Å². The molecule has 2 aromatic rings. The minimum Gasteiger partial charge on any atom is -0.368 e. The van der Waals surface area contributed by atoms with Gasteiger partial charge in [-0.3, -0.25) is 4.79 Å². The Labute approximate surface area is 191 Å². The fraction of sp³-hybridized carbons (Fsp3) is 0.350. The monoisotopic (exact) mass is 489 g/mol. The zero-order valence-corrected chi connectivity index (χ0v) is 19.6. The Bertz CT molecular complexity index is 1050. The largest absolute Gasteiger partial charge is 0.368 e. The third-order valence-electron chi connectivity index (χ3n) is 4.99. The van der Waals surface area contributed by atoms with E-state index in [0.717, 1.165) is 11.3 Å². The highest BCUT2D eigenvalue weighted by Crippen LogP contribution is 2.26. The lowest BCUT2D eigenvalue weighted by molar-refractivity contribution is -0.132. The lowest BCUT2D eigenvalue weighted by Crippen LogP contribution is -2.54. The minimum atomic E-state index is -4.00. The zero-order chi connectivity index (χ0) is 22.1. The first-order chi connectivity index (χ1) is 14.1. The summed E-state index contributed by atoms with van der Waals surface area (Å²) in [5, 5.41) is 0.944. The van der Waals surface area contributed by atoms with Gasteiger partial charge >= 0.3 is 0 Å². The summed E-state index contributed by atoms with van der Waals surface area (Å²) in [4.78, 5) is 16.5. The minimum absolute atomic E-state index is 0.0389. The van der Waals surface area contributed by atoms with Crippen LogP contribution >= 0.6 is 34.8 Å². The van der Waals surface area contributed by atoms with Crippen molar-refractivity contribution in [2.75, 3.05) is 31.1 Å². The number of nitrogens with one attached hydrogen (secondary N) is 1. The van der Waals surface area contributed by atoms with Crippen LogP contribution in [0.15, 0.2) is 41.3 Å². The maximum Gasteiger partial charge on any atom is 0.242 e. The van der Waals surface area contributed by atoms with Gasteiger partial charge in [-0.2, -0.15) is 4.72 Å². The van der Waals surface area contributed by atoms with Crippen LogP contribution in [0.1, 0.15) is 12.5 Å². The van der Waals surface area contributed by atoms with E-state index >= 15 is 0 Å². The molecule has 1 N–H and O–H groups in total. The second kappa shape index (κ2) is 9.32. The van der Waals surface area contributed by atoms with Crippen molar-refractivity contribution in [3.8, 4) is 0 Å². The molecular weight excluding hydrogens is 469 g/mol. The average molecular weight is 491 g/mol. The van der Waals surface area contributed by atoms with E-state index in [1.54, 1.807) is 4.90 Å². The Morgan fingerprint density at radius 3 is 2.27 bits per heavy atom. The molecule has 1 saturated heterocycles. The standard InChI is InChI=1S/C20H22Cl3N3O3S/c1-13-3-4-15(21)11-18(13)25-7-9-26(10-8-25)20(27)14(2)24-30(28,29)19-12-16(22)5-6-17(19)23/h3-6,11-12,14,24H,7-10H2,1-2H3/t14-/m1/s1. The van der Waals surface area contributed by atoms with Crippen LogP contribution in [0.5, 0.6) is 0 Å². The molecule has 2 aromatic carbocycles. The van der Waals surface area contributed by atoms with Gasteiger partial charge in [0.05, 0.1) is 11.1 Å². The number of aryl methyl sites for hydroxylation is 1. The summed E-state index contributed by atoms with van der Waals surface area (Å²) in [6, 6.07) is 8.95. The van der Waals surface area contributed by atoms with Crippen molar-refractivity contribution in [3.05, 3.63) is 57.0 Å². The molecule has 0 unspecified atom stereocenters. The fourth-order valence-electron chi connectivity index (χ4n) is 3.39. The molecule has 1 fully saturated rings. The number of sulfonamides is 1. The maximum atomic E-state index is 12.8. The molecule has 0 bridgehead atoms. The van der Waals surface area contributed by atoms with Gasteiger partial charge in [-0.25, -0.2) is 8.42 Å². The summed E-state index contributed by atoms with van der Waals surface area (Å²) in [6.07, 6.45) is 0. The van der Waals surface area contributed by atoms with E-state index in [9.17, 15) is 13.2 Å². The van der Waals surface area contributed by atoms with Gasteiger partial charge in [-0.15, -0.1) is 0 Å². The van der Waals surface area contributed by atoms with Gasteiger partial charge in [0.15, 0.2) is 0 Å². The van der Waals surface area contributed by atoms with E-state index in [1.807, 2.05) is 25.1 Å². The van der Waals surface area contributed by atoms with Gasteiger partial charge in [0.25, 0.3) is 0 Å². The first-order valence-electron chi connectivity index (χ1n) is 9.36. The number of piperazine rings is 1. The third kappa shape index (κ3) is 5.21. The van der Waals surface area contributed by atoms with Crippen molar-refractivity contribution in [3.63, 3.8) is 0 Å². The van der Waals surface area contributed by atoms with Crippen LogP contribution in [-0.2, 0) is 14.8 Å². The van der Waals surface area contributed by atoms with Gasteiger partial charge in [-0.05, 0) is 49.7 Å². The molecule has 10 heteroatoms. The predicted octanol–water partition coefficient (Wildman–Crippen LogP) is 3.97. The number of carbonyl (C=O) groups excluding carboxylic acids is 1. The Morgan fingerprint density at radius 1 is 1.00 bits per heavy atom. The number of halogens is 3. The van der Waals surface area contributed by atoms with Crippen LogP contribution in [0, 0.1) is 6.92 Å². The van der Waals surface area contributed by atoms with Gasteiger partial charge in [0.1, 0.15) is 4.90 Å². The van der Waals surface area contributed by atoms with Crippen LogP contribution < -0.4 is 9.62 Å². The number of nitrogens with zero attached hydrogens (tertiary/aromatic N) is 2. The van der Waals surface area contributed by atoms with E-state index in [1.165, 1.54) is 25.1 Å². The molecule has 1 heterocycles. The lowest BCUT2D eigenvalue weighted by Gasteiger charge is -2.37. The number of amides is 1. The van der Waals surface area contributed by atoms with Crippen LogP contribution in [0.2, 0.25) is 15.1 Å². The Balaban J connectivity index is 1.65. The normalized spacial score (nSPS) is 15.9. The SMILES string of the molecule is Cc1ccc(Cl)cc1N1CCN(C(=O)[C@@H](C)NS(=O)(=O)c2cc(Cl)ccc2Cl)CC1. The highest BCUT2D eigenvalue weighted by atomic mass is 35.5. The van der Waals surface area contributed by atoms with Crippen molar-refractivity contribution >= 4 is 56.4 Å². The number of hydrogen-bond donors (Lipinski definition) is 1. The van der Waals surface area contributed by atoms with Crippen LogP contribution in [-0.4, -0.2) is 51.4 Å². The molecule has 162 valence electrons. The summed E-state index contributed by atoms with van der Waals surface area (Å²) in [5.41, 5.74) is 2.15. The van der Waals surface area contributed by atoms with Crippen molar-refractivity contribution < 1.29 is 13.2 Å². The number of carbonyl (C=O) groups is 1. The van der Waals surface area contributed by atoms with Crippen molar-refractivity contribution in [1.82, 2.24) is 9.62 Å². The Morgan fingerprint density at radius 2 is 1.60 bits per heavy atom. The van der Waals surface area contributed by atoms with Gasteiger partial charge in [0, 0.05) is 41.9 Å². The molecule has 1 aliphatic heterocycles. The number of anilines is 1. The predicted molar refractivity (Wildman–Crippen MR) is 121 cm³/mol. The maximum absolute atomic E-state index is 12.8. The second-order valence-corrected chi connectivity index (χ2v) is 10.1. The molecule has 0 saturated carbocycles. The third-order valence-corrected chi connectivity index (χ3v) is 7.48. The zero-order valence-electron chi connectivity index (χ0n) is 16.5. The van der Waals surface area contributed by atoms with Crippen LogP contribution in [0.25, 0.3) is 0 Å². The molecule has 0 spiro atoms. The van der Waals surface area contributed by atoms with E-state index in [0.29, 0.717) is 31.2 Å². The first kappa shape index (κ1) is 23.2. The molecule has 3 rings (SSSR count). The van der Waals surface area contributed by atoms with E-state index in [-0.39, 0.29) is 20.8 Å². The number of hydrogen-bond acceptors (Lipinski definition) is 4. The summed E-state index contributed by atoms with van der Waals surface area (Å²) in [6.45, 7) is 5.76. The molecule has 0 aliphatic carbocycles. The van der Waals surface area contributed by atoms with Gasteiger partial charge < -0.3 is 9.80 Å². The molecule has 1 aliphatic rings. The van der Waals surface area contributed by atoms with Gasteiger partial charge in [-0.1, -0.05) is 40.9 Å². The molecular formula is C20H22Cl3N3O3S. The van der Waals surface area contributed by atoms with Crippen molar-refractivity contribution in [2.45, 2.75) is 24.8 Å². The lowest BCUT2D eigenvalue weighted by atomic mass is 10.1. The van der Waals surface area contributed by atoms with Crippen LogP contribution in [0.4, 0.5) is 5.69 Å². The fourth-order valence-corrected chi connectivity index (χ4v) is 5.52. The molecule has 30 heavy (non-hydrogen) atoms. The highest BCUT2D eigenvalue weighted by molar-refractivity contribution is 7.89. The summed E-state index contributed by atoms with van der Waals surface area (Å²) in [5.74, 6) is -0.292. The molecule has 0 aromatic heterocycles. The Kier molecular flexibility index (Phi) is 7.20. The summed E-state index contributed by atoms with van der Waals surface area (Å²) >= 11 is 18.0. The molecule has 1 atom stereocenters. The average Bonchev–Trinajstić information content (AvgIpc) is 2.70. The van der Waals surface area contributed by atoms with E-state index in [2.05, 4.69) is 9.62 Å². The smallest absolute Gasteiger partial charge is 0.242 e. The van der Waals surface area contributed by atoms with Crippen molar-refractivity contribution in [2.24, 2.45) is 0 Å². The Hall–Kier alpha value is -1.51. The summed E-state index contributed by atoms with van der Waals surface area (Å²) in [7, 11) is -4.00. The topological polar surface area (TPSA) is 69.7 Å². The summed E-state index contributed by atoms with van der Waals surface area (Å²) < 4.78 is 27.7. The van der Waals surface area contributed by atoms with Crippen molar-refractivity contribution in [1.29, 1.82) is 0 Å². The van der Waals surface area contributed by atoms with E-state index < -0.39 is 16.1 Å². The second-order valence-electron chi connectivity index (χ2n) is 7.16. The van der Waals surface area contributed by atoms with Gasteiger partial charge in [0.2, 0.25) is 15.9 Å². The molecule has 6 nitrogen and oxygen atoms in total. The first-order valence-corrected chi connectivity index (χ1v) is 12.0. The quantitative estimate of drug-likeness (QED) is 0.688. The number of benzene rings is 2.